The van der Waals surface area contributed by atoms with Gasteiger partial charge in [-0.05, 0) is 67.9 Å². The Morgan fingerprint density at radius 2 is 1.89 bits per heavy atom. The molecule has 0 radical (unpaired) electrons. The van der Waals surface area contributed by atoms with Crippen LogP contribution in [0.1, 0.15) is 71.1 Å². The second-order valence-corrected chi connectivity index (χ2v) is 9.34. The number of hydrogen-bond acceptors (Lipinski definition) is 4. The molecule has 4 heteroatoms. The van der Waals surface area contributed by atoms with Crippen LogP contribution in [-0.2, 0) is 9.47 Å². The minimum atomic E-state index is -0.826. The van der Waals surface area contributed by atoms with E-state index in [1.807, 2.05) is 0 Å². The van der Waals surface area contributed by atoms with Crippen molar-refractivity contribution in [3.05, 3.63) is 22.8 Å². The van der Waals surface area contributed by atoms with E-state index in [2.05, 4.69) is 19.1 Å². The summed E-state index contributed by atoms with van der Waals surface area (Å²) in [5.41, 5.74) is 3.71. The molecule has 148 valence electrons. The van der Waals surface area contributed by atoms with Crippen LogP contribution >= 0.6 is 0 Å². The number of hydrogen-bond donors (Lipinski definition) is 1. The Morgan fingerprint density at radius 1 is 1.15 bits per heavy atom. The highest BCUT2D eigenvalue weighted by Crippen LogP contribution is 2.63. The first-order valence-corrected chi connectivity index (χ1v) is 10.5. The summed E-state index contributed by atoms with van der Waals surface area (Å²) in [4.78, 5) is 0. The van der Waals surface area contributed by atoms with Crippen LogP contribution in [0.25, 0.3) is 0 Å². The molecule has 1 N–H and O–H groups in total. The SMILES string of the molecule is COC1(OC)CCC2=C(CC1)C1=CCC3(C)C(CCC3(O)CC#N)C1CC2. The van der Waals surface area contributed by atoms with Crippen molar-refractivity contribution in [1.29, 1.82) is 5.26 Å². The number of methoxy groups -OCH3 is 2. The van der Waals surface area contributed by atoms with Crippen molar-refractivity contribution in [1.82, 2.24) is 0 Å². The van der Waals surface area contributed by atoms with E-state index in [4.69, 9.17) is 9.47 Å². The van der Waals surface area contributed by atoms with E-state index in [9.17, 15) is 10.4 Å². The molecule has 0 aromatic heterocycles. The largest absolute Gasteiger partial charge is 0.388 e. The quantitative estimate of drug-likeness (QED) is 0.734. The van der Waals surface area contributed by atoms with Crippen LogP contribution in [0, 0.1) is 28.6 Å². The Kier molecular flexibility index (Phi) is 4.78. The van der Waals surface area contributed by atoms with E-state index in [0.717, 1.165) is 51.4 Å². The van der Waals surface area contributed by atoms with Gasteiger partial charge in [0.25, 0.3) is 0 Å². The molecular weight excluding hydrogens is 338 g/mol. The molecule has 4 aliphatic rings. The predicted octanol–water partition coefficient (Wildman–Crippen LogP) is 4.65. The summed E-state index contributed by atoms with van der Waals surface area (Å²) < 4.78 is 11.5. The molecule has 0 heterocycles. The molecular formula is C23H33NO3. The van der Waals surface area contributed by atoms with Crippen LogP contribution < -0.4 is 0 Å². The Hall–Kier alpha value is -1.15. The van der Waals surface area contributed by atoms with Gasteiger partial charge in [-0.1, -0.05) is 18.6 Å². The van der Waals surface area contributed by atoms with Gasteiger partial charge >= 0.3 is 0 Å². The Labute approximate surface area is 163 Å². The Bertz CT molecular complexity index is 714. The van der Waals surface area contributed by atoms with E-state index in [1.54, 1.807) is 30.9 Å². The van der Waals surface area contributed by atoms with E-state index in [0.29, 0.717) is 11.8 Å². The van der Waals surface area contributed by atoms with Crippen molar-refractivity contribution in [2.75, 3.05) is 14.2 Å². The highest BCUT2D eigenvalue weighted by Gasteiger charge is 2.60. The lowest BCUT2D eigenvalue weighted by Gasteiger charge is -2.49. The normalized spacial score (nSPS) is 40.3. The number of rotatable bonds is 3. The summed E-state index contributed by atoms with van der Waals surface area (Å²) in [6.07, 6.45) is 11.6. The van der Waals surface area contributed by atoms with E-state index < -0.39 is 11.4 Å². The lowest BCUT2D eigenvalue weighted by atomic mass is 9.56. The molecule has 0 aliphatic heterocycles. The molecule has 0 aromatic rings. The zero-order valence-corrected chi connectivity index (χ0v) is 17.0. The summed E-state index contributed by atoms with van der Waals surface area (Å²) in [7, 11) is 3.52. The van der Waals surface area contributed by atoms with E-state index in [1.165, 1.54) is 6.42 Å². The second-order valence-electron chi connectivity index (χ2n) is 9.34. The number of fused-ring (bicyclic) bond motifs is 4. The maximum atomic E-state index is 11.2. The first-order chi connectivity index (χ1) is 12.9. The Balaban J connectivity index is 1.64. The first-order valence-electron chi connectivity index (χ1n) is 10.5. The van der Waals surface area contributed by atoms with Crippen molar-refractivity contribution < 1.29 is 14.6 Å². The molecule has 4 rings (SSSR count). The molecule has 0 bridgehead atoms. The predicted molar refractivity (Wildman–Crippen MR) is 104 cm³/mol. The van der Waals surface area contributed by atoms with Gasteiger partial charge in [-0.3, -0.25) is 0 Å². The summed E-state index contributed by atoms with van der Waals surface area (Å²) in [5, 5.41) is 20.5. The van der Waals surface area contributed by atoms with Gasteiger partial charge in [0.15, 0.2) is 5.79 Å². The molecule has 1 fully saturated rings. The number of nitriles is 1. The topological polar surface area (TPSA) is 62.5 Å². The van der Waals surface area contributed by atoms with Crippen LogP contribution in [-0.4, -0.2) is 30.7 Å². The average molecular weight is 372 g/mol. The molecule has 0 aromatic carbocycles. The molecule has 0 saturated heterocycles. The molecule has 4 unspecified atom stereocenters. The second kappa shape index (κ2) is 6.72. The molecule has 0 amide bonds. The van der Waals surface area contributed by atoms with Crippen LogP contribution in [0.5, 0.6) is 0 Å². The first kappa shape index (κ1) is 19.2. The number of ether oxygens (including phenoxy) is 2. The summed E-state index contributed by atoms with van der Waals surface area (Å²) in [6.45, 7) is 2.23. The van der Waals surface area contributed by atoms with Crippen molar-refractivity contribution in [3.63, 3.8) is 0 Å². The summed E-state index contributed by atoms with van der Waals surface area (Å²) in [5.74, 6) is 0.576. The maximum Gasteiger partial charge on any atom is 0.168 e. The van der Waals surface area contributed by atoms with Crippen LogP contribution in [0.3, 0.4) is 0 Å². The van der Waals surface area contributed by atoms with Crippen LogP contribution in [0.4, 0.5) is 0 Å². The van der Waals surface area contributed by atoms with Crippen LogP contribution in [0.15, 0.2) is 22.8 Å². The van der Waals surface area contributed by atoms with Gasteiger partial charge in [0.2, 0.25) is 0 Å². The average Bonchev–Trinajstić information content (AvgIpc) is 2.82. The smallest absolute Gasteiger partial charge is 0.168 e. The van der Waals surface area contributed by atoms with Gasteiger partial charge < -0.3 is 14.6 Å². The third-order valence-electron chi connectivity index (χ3n) is 8.59. The van der Waals surface area contributed by atoms with Crippen LogP contribution in [0.2, 0.25) is 0 Å². The van der Waals surface area contributed by atoms with Gasteiger partial charge in [-0.2, -0.15) is 5.26 Å². The van der Waals surface area contributed by atoms with Crippen molar-refractivity contribution in [3.8, 4) is 6.07 Å². The van der Waals surface area contributed by atoms with E-state index in [-0.39, 0.29) is 11.8 Å². The van der Waals surface area contributed by atoms with Gasteiger partial charge in [-0.15, -0.1) is 0 Å². The minimum Gasteiger partial charge on any atom is -0.388 e. The number of allylic oxidation sites excluding steroid dienone is 4. The molecule has 27 heavy (non-hydrogen) atoms. The molecule has 4 atom stereocenters. The van der Waals surface area contributed by atoms with Gasteiger partial charge in [0.1, 0.15) is 0 Å². The highest BCUT2D eigenvalue weighted by atomic mass is 16.7. The van der Waals surface area contributed by atoms with Gasteiger partial charge in [-0.25, -0.2) is 0 Å². The fourth-order valence-electron chi connectivity index (χ4n) is 6.70. The maximum absolute atomic E-state index is 11.2. The number of aliphatic hydroxyl groups is 1. The molecule has 4 aliphatic carbocycles. The third kappa shape index (κ3) is 2.74. The third-order valence-corrected chi connectivity index (χ3v) is 8.59. The summed E-state index contributed by atoms with van der Waals surface area (Å²) >= 11 is 0. The highest BCUT2D eigenvalue weighted by molar-refractivity contribution is 5.44. The lowest BCUT2D eigenvalue weighted by molar-refractivity contribution is -0.213. The van der Waals surface area contributed by atoms with Crippen molar-refractivity contribution in [2.45, 2.75) is 82.5 Å². The monoisotopic (exact) mass is 371 g/mol. The fourth-order valence-corrected chi connectivity index (χ4v) is 6.70. The standard InChI is InChI=1S/C23H33NO3/c1-21-10-7-18-17-8-13-23(26-2,27-3)12-6-16(17)4-5-19(18)20(21)9-11-22(21,25)14-15-24/h7,19-20,25H,4-6,8-14H2,1-3H3. The molecule has 0 spiro atoms. The Morgan fingerprint density at radius 3 is 2.59 bits per heavy atom. The fraction of sp³-hybridized carbons (Fsp3) is 0.783. The van der Waals surface area contributed by atoms with Crippen molar-refractivity contribution >= 4 is 0 Å². The van der Waals surface area contributed by atoms with Gasteiger partial charge in [0.05, 0.1) is 18.1 Å². The summed E-state index contributed by atoms with van der Waals surface area (Å²) in [6, 6.07) is 2.25. The van der Waals surface area contributed by atoms with E-state index >= 15 is 0 Å². The zero-order chi connectivity index (χ0) is 19.3. The molecule has 1 saturated carbocycles. The van der Waals surface area contributed by atoms with Gasteiger partial charge in [0, 0.05) is 32.5 Å². The minimum absolute atomic E-state index is 0.164. The zero-order valence-electron chi connectivity index (χ0n) is 17.0. The molecule has 4 nitrogen and oxygen atoms in total. The number of nitrogens with zero attached hydrogens (tertiary/aromatic N) is 1. The van der Waals surface area contributed by atoms with Crippen molar-refractivity contribution in [2.24, 2.45) is 17.3 Å². The lowest BCUT2D eigenvalue weighted by Crippen LogP contribution is -2.48.